The molecule has 1 aromatic carbocycles. The maximum absolute atomic E-state index is 13.1. The standard InChI is InChI=1S/C15H20FNO/c1-3-5-6-13(17-4-2)15-10-11-9-12(16)7-8-14(11)18-15/h7-10,13,17H,3-6H2,1-2H3. The lowest BCUT2D eigenvalue weighted by Crippen LogP contribution is -2.20. The third-order valence-corrected chi connectivity index (χ3v) is 3.14. The van der Waals surface area contributed by atoms with Gasteiger partial charge in [-0.3, -0.25) is 0 Å². The molecule has 0 spiro atoms. The van der Waals surface area contributed by atoms with Crippen molar-refractivity contribution in [2.75, 3.05) is 6.54 Å². The minimum Gasteiger partial charge on any atom is -0.459 e. The Hall–Kier alpha value is -1.35. The van der Waals surface area contributed by atoms with Gasteiger partial charge in [0.15, 0.2) is 0 Å². The van der Waals surface area contributed by atoms with E-state index in [1.807, 2.05) is 6.07 Å². The molecule has 18 heavy (non-hydrogen) atoms. The van der Waals surface area contributed by atoms with Crippen molar-refractivity contribution in [3.8, 4) is 0 Å². The quantitative estimate of drug-likeness (QED) is 0.820. The average Bonchev–Trinajstić information content (AvgIpc) is 2.77. The second-order valence-corrected chi connectivity index (χ2v) is 4.58. The number of unbranched alkanes of at least 4 members (excludes halogenated alkanes) is 1. The van der Waals surface area contributed by atoms with Crippen LogP contribution in [0.5, 0.6) is 0 Å². The van der Waals surface area contributed by atoms with E-state index in [2.05, 4.69) is 19.2 Å². The van der Waals surface area contributed by atoms with Gasteiger partial charge in [0.1, 0.15) is 17.2 Å². The van der Waals surface area contributed by atoms with Crippen LogP contribution in [0, 0.1) is 5.82 Å². The van der Waals surface area contributed by atoms with E-state index in [-0.39, 0.29) is 11.9 Å². The highest BCUT2D eigenvalue weighted by atomic mass is 19.1. The van der Waals surface area contributed by atoms with Gasteiger partial charge in [-0.25, -0.2) is 4.39 Å². The number of benzene rings is 1. The summed E-state index contributed by atoms with van der Waals surface area (Å²) in [5.74, 6) is 0.689. The van der Waals surface area contributed by atoms with E-state index in [4.69, 9.17) is 4.42 Å². The molecule has 0 aliphatic rings. The summed E-state index contributed by atoms with van der Waals surface area (Å²) in [5, 5.41) is 4.26. The molecular formula is C15H20FNO. The first kappa shape index (κ1) is 13.1. The van der Waals surface area contributed by atoms with Crippen molar-refractivity contribution < 1.29 is 8.81 Å². The zero-order valence-corrected chi connectivity index (χ0v) is 11.0. The number of fused-ring (bicyclic) bond motifs is 1. The van der Waals surface area contributed by atoms with Crippen LogP contribution in [-0.2, 0) is 0 Å². The molecule has 0 aliphatic heterocycles. The van der Waals surface area contributed by atoms with Crippen LogP contribution in [-0.4, -0.2) is 6.54 Å². The van der Waals surface area contributed by atoms with E-state index in [1.165, 1.54) is 12.1 Å². The Bertz CT molecular complexity index is 506. The van der Waals surface area contributed by atoms with Crippen LogP contribution in [0.1, 0.15) is 44.9 Å². The Labute approximate surface area is 107 Å². The molecule has 1 aromatic heterocycles. The van der Waals surface area contributed by atoms with Gasteiger partial charge >= 0.3 is 0 Å². The average molecular weight is 249 g/mol. The zero-order chi connectivity index (χ0) is 13.0. The molecule has 0 bridgehead atoms. The van der Waals surface area contributed by atoms with Gasteiger partial charge in [0.25, 0.3) is 0 Å². The minimum atomic E-state index is -0.219. The van der Waals surface area contributed by atoms with Gasteiger partial charge < -0.3 is 9.73 Å². The van der Waals surface area contributed by atoms with Crippen LogP contribution < -0.4 is 5.32 Å². The summed E-state index contributed by atoms with van der Waals surface area (Å²) in [7, 11) is 0. The molecule has 2 aromatic rings. The third kappa shape index (κ3) is 2.91. The topological polar surface area (TPSA) is 25.2 Å². The van der Waals surface area contributed by atoms with Gasteiger partial charge in [-0.1, -0.05) is 26.7 Å². The van der Waals surface area contributed by atoms with Crippen LogP contribution in [0.15, 0.2) is 28.7 Å². The second kappa shape index (κ2) is 6.01. The normalized spacial score (nSPS) is 13.1. The summed E-state index contributed by atoms with van der Waals surface area (Å²) in [5.41, 5.74) is 0.755. The monoisotopic (exact) mass is 249 g/mol. The number of hydrogen-bond acceptors (Lipinski definition) is 2. The Morgan fingerprint density at radius 2 is 2.11 bits per heavy atom. The van der Waals surface area contributed by atoms with Crippen molar-refractivity contribution in [3.05, 3.63) is 35.8 Å². The smallest absolute Gasteiger partial charge is 0.134 e. The fourth-order valence-corrected chi connectivity index (χ4v) is 2.21. The van der Waals surface area contributed by atoms with Gasteiger partial charge in [0.2, 0.25) is 0 Å². The molecule has 3 heteroatoms. The summed E-state index contributed by atoms with van der Waals surface area (Å²) in [6.07, 6.45) is 3.37. The Morgan fingerprint density at radius 3 is 2.83 bits per heavy atom. The third-order valence-electron chi connectivity index (χ3n) is 3.14. The number of hydrogen-bond donors (Lipinski definition) is 1. The van der Waals surface area contributed by atoms with Crippen molar-refractivity contribution in [2.45, 2.75) is 39.2 Å². The lowest BCUT2D eigenvalue weighted by Gasteiger charge is -2.14. The first-order chi connectivity index (χ1) is 8.74. The summed E-state index contributed by atoms with van der Waals surface area (Å²) in [6.45, 7) is 5.16. The predicted molar refractivity (Wildman–Crippen MR) is 72.1 cm³/mol. The van der Waals surface area contributed by atoms with Crippen LogP contribution in [0.2, 0.25) is 0 Å². The molecule has 2 nitrogen and oxygen atoms in total. The fourth-order valence-electron chi connectivity index (χ4n) is 2.21. The number of halogens is 1. The van der Waals surface area contributed by atoms with E-state index in [0.717, 1.165) is 42.5 Å². The van der Waals surface area contributed by atoms with Gasteiger partial charge in [-0.05, 0) is 37.2 Å². The first-order valence-electron chi connectivity index (χ1n) is 6.67. The molecule has 0 radical (unpaired) electrons. The molecule has 0 saturated heterocycles. The lowest BCUT2D eigenvalue weighted by molar-refractivity contribution is 0.408. The van der Waals surface area contributed by atoms with Crippen molar-refractivity contribution in [1.29, 1.82) is 0 Å². The summed E-state index contributed by atoms with van der Waals surface area (Å²) in [4.78, 5) is 0. The maximum Gasteiger partial charge on any atom is 0.134 e. The molecule has 1 atom stereocenters. The lowest BCUT2D eigenvalue weighted by atomic mass is 10.1. The molecule has 0 amide bonds. The van der Waals surface area contributed by atoms with Gasteiger partial charge in [0.05, 0.1) is 6.04 Å². The summed E-state index contributed by atoms with van der Waals surface area (Å²) in [6, 6.07) is 6.82. The minimum absolute atomic E-state index is 0.219. The van der Waals surface area contributed by atoms with E-state index >= 15 is 0 Å². The van der Waals surface area contributed by atoms with Crippen LogP contribution >= 0.6 is 0 Å². The number of furan rings is 1. The molecule has 1 heterocycles. The van der Waals surface area contributed by atoms with E-state index < -0.39 is 0 Å². The van der Waals surface area contributed by atoms with E-state index in [1.54, 1.807) is 6.07 Å². The maximum atomic E-state index is 13.1. The molecule has 1 unspecified atom stereocenters. The Morgan fingerprint density at radius 1 is 1.28 bits per heavy atom. The van der Waals surface area contributed by atoms with Gasteiger partial charge in [0, 0.05) is 5.39 Å². The van der Waals surface area contributed by atoms with Crippen LogP contribution in [0.3, 0.4) is 0 Å². The van der Waals surface area contributed by atoms with Gasteiger partial charge in [-0.2, -0.15) is 0 Å². The van der Waals surface area contributed by atoms with Crippen LogP contribution in [0.4, 0.5) is 4.39 Å². The molecule has 0 saturated carbocycles. The molecule has 0 fully saturated rings. The summed E-state index contributed by atoms with van der Waals surface area (Å²) >= 11 is 0. The highest BCUT2D eigenvalue weighted by Gasteiger charge is 2.15. The zero-order valence-electron chi connectivity index (χ0n) is 11.0. The molecule has 1 N–H and O–H groups in total. The predicted octanol–water partition coefficient (Wildman–Crippen LogP) is 4.41. The Balaban J connectivity index is 2.26. The highest BCUT2D eigenvalue weighted by molar-refractivity contribution is 5.78. The molecular weight excluding hydrogens is 229 g/mol. The fraction of sp³-hybridized carbons (Fsp3) is 0.467. The van der Waals surface area contributed by atoms with E-state index in [9.17, 15) is 4.39 Å². The highest BCUT2D eigenvalue weighted by Crippen LogP contribution is 2.27. The second-order valence-electron chi connectivity index (χ2n) is 4.58. The van der Waals surface area contributed by atoms with Crippen molar-refractivity contribution in [2.24, 2.45) is 0 Å². The largest absolute Gasteiger partial charge is 0.459 e. The van der Waals surface area contributed by atoms with Gasteiger partial charge in [-0.15, -0.1) is 0 Å². The SMILES string of the molecule is CCCCC(NCC)c1cc2cc(F)ccc2o1. The molecule has 2 rings (SSSR count). The number of nitrogens with one attached hydrogen (secondary N) is 1. The van der Waals surface area contributed by atoms with Crippen molar-refractivity contribution >= 4 is 11.0 Å². The molecule has 0 aliphatic carbocycles. The Kier molecular flexibility index (Phi) is 4.37. The summed E-state index contributed by atoms with van der Waals surface area (Å²) < 4.78 is 18.9. The van der Waals surface area contributed by atoms with Crippen molar-refractivity contribution in [3.63, 3.8) is 0 Å². The van der Waals surface area contributed by atoms with E-state index in [0.29, 0.717) is 0 Å². The first-order valence-corrected chi connectivity index (χ1v) is 6.67. The number of rotatable bonds is 6. The molecule has 98 valence electrons. The van der Waals surface area contributed by atoms with Crippen molar-refractivity contribution in [1.82, 2.24) is 5.32 Å². The van der Waals surface area contributed by atoms with Crippen LogP contribution in [0.25, 0.3) is 11.0 Å².